The third-order valence-electron chi connectivity index (χ3n) is 5.48. The minimum absolute atomic E-state index is 0.319. The summed E-state index contributed by atoms with van der Waals surface area (Å²) in [6, 6.07) is 19.5. The normalized spacial score (nSPS) is 18.4. The van der Waals surface area contributed by atoms with Crippen molar-refractivity contribution in [3.63, 3.8) is 0 Å². The van der Waals surface area contributed by atoms with E-state index >= 15 is 0 Å². The van der Waals surface area contributed by atoms with Crippen LogP contribution in [0, 0.1) is 5.92 Å². The number of pyridine rings is 2. The van der Waals surface area contributed by atoms with Crippen LogP contribution in [0.1, 0.15) is 25.3 Å². The molecule has 1 aliphatic heterocycles. The van der Waals surface area contributed by atoms with Crippen LogP contribution in [0.4, 0.5) is 11.6 Å². The van der Waals surface area contributed by atoms with Gasteiger partial charge in [-0.1, -0.05) is 42.5 Å². The molecule has 0 saturated carbocycles. The van der Waals surface area contributed by atoms with Gasteiger partial charge in [-0.25, -0.2) is 9.97 Å². The Balaban J connectivity index is 1.91. The number of benzene rings is 1. The smallest absolute Gasteiger partial charge is 0.255 e. The van der Waals surface area contributed by atoms with Gasteiger partial charge in [0.1, 0.15) is 23.3 Å². The highest BCUT2D eigenvalue weighted by Crippen LogP contribution is 2.42. The molecule has 0 saturated heterocycles. The van der Waals surface area contributed by atoms with E-state index in [-0.39, 0.29) is 5.78 Å². The van der Waals surface area contributed by atoms with Gasteiger partial charge in [-0.05, 0) is 43.7 Å². The monoisotopic (exact) mass is 426 g/mol. The molecule has 0 fully saturated rings. The van der Waals surface area contributed by atoms with Crippen LogP contribution in [0.2, 0.25) is 0 Å². The lowest BCUT2D eigenvalue weighted by molar-refractivity contribution is -0.132. The number of hydrogen-bond acceptors (Lipinski definition) is 5. The van der Waals surface area contributed by atoms with Gasteiger partial charge in [0.25, 0.3) is 5.91 Å². The topological polar surface area (TPSA) is 92.3 Å². The van der Waals surface area contributed by atoms with Crippen molar-refractivity contribution >= 4 is 29.2 Å². The fourth-order valence-electron chi connectivity index (χ4n) is 4.08. The summed E-state index contributed by atoms with van der Waals surface area (Å²) in [6.45, 7) is 3.08. The van der Waals surface area contributed by atoms with Crippen molar-refractivity contribution in [2.75, 3.05) is 10.2 Å². The van der Waals surface area contributed by atoms with Gasteiger partial charge in [0, 0.05) is 29.6 Å². The molecule has 32 heavy (non-hydrogen) atoms. The molecule has 0 aliphatic carbocycles. The second kappa shape index (κ2) is 8.93. The van der Waals surface area contributed by atoms with Crippen molar-refractivity contribution in [1.82, 2.24) is 9.97 Å². The number of carbonyl (C=O) groups is 3. The maximum atomic E-state index is 13.6. The maximum Gasteiger partial charge on any atom is 0.255 e. The molecule has 0 radical (unpaired) electrons. The Morgan fingerprint density at radius 3 is 2.16 bits per heavy atom. The molecule has 2 aromatic heterocycles. The zero-order chi connectivity index (χ0) is 22.7. The second-order valence-electron chi connectivity index (χ2n) is 7.51. The Hall–Kier alpha value is -4.13. The predicted molar refractivity (Wildman–Crippen MR) is 121 cm³/mol. The van der Waals surface area contributed by atoms with E-state index in [4.69, 9.17) is 0 Å². The number of amides is 2. The molecule has 0 unspecified atom stereocenters. The molecule has 3 aromatic rings. The van der Waals surface area contributed by atoms with Crippen molar-refractivity contribution in [2.45, 2.75) is 19.8 Å². The first-order valence-electron chi connectivity index (χ1n) is 10.2. The fraction of sp³-hybridized carbons (Fsp3) is 0.160. The van der Waals surface area contributed by atoms with Crippen LogP contribution in [0.25, 0.3) is 0 Å². The summed E-state index contributed by atoms with van der Waals surface area (Å²) >= 11 is 0. The molecule has 4 rings (SSSR count). The summed E-state index contributed by atoms with van der Waals surface area (Å²) in [5, 5.41) is 2.81. The van der Waals surface area contributed by atoms with Crippen LogP contribution in [-0.4, -0.2) is 27.6 Å². The number of ketones is 1. The Morgan fingerprint density at radius 1 is 0.906 bits per heavy atom. The van der Waals surface area contributed by atoms with Crippen LogP contribution in [0.5, 0.6) is 0 Å². The summed E-state index contributed by atoms with van der Waals surface area (Å²) < 4.78 is 0. The van der Waals surface area contributed by atoms with Crippen molar-refractivity contribution in [3.05, 3.63) is 96.0 Å². The van der Waals surface area contributed by atoms with E-state index in [9.17, 15) is 14.4 Å². The summed E-state index contributed by atoms with van der Waals surface area (Å²) in [7, 11) is 0. The number of Topliss-reactive ketones (excluding diaryl/α,β-unsaturated/α-hetero) is 1. The second-order valence-corrected chi connectivity index (χ2v) is 7.51. The molecule has 7 heteroatoms. The van der Waals surface area contributed by atoms with Gasteiger partial charge in [-0.2, -0.15) is 0 Å². The van der Waals surface area contributed by atoms with Crippen molar-refractivity contribution < 1.29 is 14.4 Å². The van der Waals surface area contributed by atoms with Gasteiger partial charge in [0.2, 0.25) is 5.91 Å². The van der Waals surface area contributed by atoms with Crippen LogP contribution in [-0.2, 0) is 14.4 Å². The lowest BCUT2D eigenvalue weighted by Crippen LogP contribution is -2.48. The molecule has 2 atom stereocenters. The summed E-state index contributed by atoms with van der Waals surface area (Å²) in [6.07, 6.45) is 3.14. The number of allylic oxidation sites excluding steroid dienone is 1. The summed E-state index contributed by atoms with van der Waals surface area (Å²) in [4.78, 5) is 49.7. The molecule has 7 nitrogen and oxygen atoms in total. The van der Waals surface area contributed by atoms with E-state index in [0.29, 0.717) is 28.5 Å². The highest BCUT2D eigenvalue weighted by molar-refractivity contribution is 6.16. The predicted octanol–water partition coefficient (Wildman–Crippen LogP) is 3.72. The molecule has 3 heterocycles. The molecule has 0 spiro atoms. The van der Waals surface area contributed by atoms with Gasteiger partial charge in [0.15, 0.2) is 0 Å². The average Bonchev–Trinajstić information content (AvgIpc) is 2.80. The maximum absolute atomic E-state index is 13.6. The number of nitrogens with one attached hydrogen (secondary N) is 1. The van der Waals surface area contributed by atoms with E-state index in [1.54, 1.807) is 55.7 Å². The zero-order valence-electron chi connectivity index (χ0n) is 17.7. The van der Waals surface area contributed by atoms with Crippen LogP contribution in [0.3, 0.4) is 0 Å². The first-order valence-corrected chi connectivity index (χ1v) is 10.2. The van der Waals surface area contributed by atoms with Gasteiger partial charge in [0.05, 0.1) is 0 Å². The average molecular weight is 426 g/mol. The quantitative estimate of drug-likeness (QED) is 0.628. The van der Waals surface area contributed by atoms with Crippen LogP contribution < -0.4 is 10.2 Å². The highest BCUT2D eigenvalue weighted by atomic mass is 16.2. The zero-order valence-corrected chi connectivity index (χ0v) is 17.7. The lowest BCUT2D eigenvalue weighted by Gasteiger charge is -2.38. The van der Waals surface area contributed by atoms with Crippen LogP contribution in [0.15, 0.2) is 90.4 Å². The molecular weight excluding hydrogens is 404 g/mol. The molecule has 1 N–H and O–H groups in total. The van der Waals surface area contributed by atoms with Crippen molar-refractivity contribution in [1.29, 1.82) is 0 Å². The Kier molecular flexibility index (Phi) is 5.89. The van der Waals surface area contributed by atoms with Gasteiger partial charge in [-0.3, -0.25) is 19.3 Å². The third kappa shape index (κ3) is 3.92. The minimum atomic E-state index is -1.06. The van der Waals surface area contributed by atoms with Gasteiger partial charge >= 0.3 is 0 Å². The number of nitrogens with zero attached hydrogens (tertiary/aromatic N) is 3. The van der Waals surface area contributed by atoms with Crippen molar-refractivity contribution in [2.24, 2.45) is 5.92 Å². The SMILES string of the molecule is CC(=O)[C@H]1C(=O)N(c2ccccn2)C(C)=C(C(=O)Nc2ccccn2)[C@H]1c1ccccc1. The molecule has 1 aromatic carbocycles. The Labute approximate surface area is 185 Å². The largest absolute Gasteiger partial charge is 0.307 e. The minimum Gasteiger partial charge on any atom is -0.307 e. The molecule has 1 aliphatic rings. The Bertz CT molecular complexity index is 1180. The molecule has 0 bridgehead atoms. The van der Waals surface area contributed by atoms with E-state index in [0.717, 1.165) is 0 Å². The molecule has 160 valence electrons. The van der Waals surface area contributed by atoms with E-state index in [1.807, 2.05) is 30.3 Å². The number of hydrogen-bond donors (Lipinski definition) is 1. The number of carbonyl (C=O) groups excluding carboxylic acids is 3. The Morgan fingerprint density at radius 2 is 1.56 bits per heavy atom. The van der Waals surface area contributed by atoms with Gasteiger partial charge in [-0.15, -0.1) is 0 Å². The number of rotatable bonds is 5. The van der Waals surface area contributed by atoms with Crippen LogP contribution >= 0.6 is 0 Å². The first-order chi connectivity index (χ1) is 15.5. The third-order valence-corrected chi connectivity index (χ3v) is 5.48. The van der Waals surface area contributed by atoms with E-state index < -0.39 is 23.7 Å². The molecular formula is C25H22N4O3. The summed E-state index contributed by atoms with van der Waals surface area (Å²) in [5.41, 5.74) is 1.47. The van der Waals surface area contributed by atoms with Gasteiger partial charge < -0.3 is 5.32 Å². The molecule has 2 amide bonds. The fourth-order valence-corrected chi connectivity index (χ4v) is 4.08. The van der Waals surface area contributed by atoms with Crippen molar-refractivity contribution in [3.8, 4) is 0 Å². The highest BCUT2D eigenvalue weighted by Gasteiger charge is 2.47. The number of anilines is 2. The van der Waals surface area contributed by atoms with E-state index in [2.05, 4.69) is 15.3 Å². The first kappa shape index (κ1) is 21.1. The lowest BCUT2D eigenvalue weighted by atomic mass is 9.74. The summed E-state index contributed by atoms with van der Waals surface area (Å²) in [5.74, 6) is -2.20. The standard InChI is InChI=1S/C25H22N4O3/c1-16-21(24(31)28-19-12-6-8-14-26-19)23(18-10-4-3-5-11-18)22(17(2)30)25(32)29(16)20-13-7-9-15-27-20/h3-15,22-23H,1-2H3,(H,26,28,31)/t22-,23-/m1/s1. The van der Waals surface area contributed by atoms with E-state index in [1.165, 1.54) is 11.8 Å². The number of aromatic nitrogens is 2.